The van der Waals surface area contributed by atoms with Crippen LogP contribution in [0.3, 0.4) is 0 Å². The van der Waals surface area contributed by atoms with Crippen LogP contribution in [0.25, 0.3) is 11.3 Å². The molecule has 2 aliphatic heterocycles. The maximum absolute atomic E-state index is 13.6. The molecule has 0 bridgehead atoms. The van der Waals surface area contributed by atoms with Gasteiger partial charge in [-0.3, -0.25) is 9.88 Å². The Kier molecular flexibility index (Phi) is 6.38. The van der Waals surface area contributed by atoms with Gasteiger partial charge in [-0.1, -0.05) is 11.6 Å². The molecule has 2 aliphatic rings. The molecule has 0 radical (unpaired) electrons. The number of fused-ring (bicyclic) bond motifs is 1. The highest BCUT2D eigenvalue weighted by Gasteiger charge is 2.44. The number of ether oxygens (including phenoxy) is 1. The van der Waals surface area contributed by atoms with Crippen LogP contribution in [0.1, 0.15) is 12.5 Å². The molecule has 2 saturated heterocycles. The van der Waals surface area contributed by atoms with Gasteiger partial charge in [-0.05, 0) is 49.4 Å². The lowest BCUT2D eigenvalue weighted by Crippen LogP contribution is -2.52. The summed E-state index contributed by atoms with van der Waals surface area (Å²) in [5.41, 5.74) is 1.29. The standard InChI is InChI=1S/C25H23ClF3N5O2/c1-2-36-23-19(4-3-9-30-23)21-7-6-17(13-31-21)32-10-11-33-18(14-32)15-34(24(33)35)22-8-5-16(26)12-20(22)25(27,28)29/h3-9,12-13,18H,2,10-11,14-15H2,1H3. The summed E-state index contributed by atoms with van der Waals surface area (Å²) in [6.07, 6.45) is -1.21. The van der Waals surface area contributed by atoms with Crippen molar-refractivity contribution in [2.45, 2.75) is 19.1 Å². The van der Waals surface area contributed by atoms with Gasteiger partial charge in [0.2, 0.25) is 5.88 Å². The Hall–Kier alpha value is -3.53. The Labute approximate surface area is 211 Å². The van der Waals surface area contributed by atoms with Crippen molar-refractivity contribution >= 4 is 29.0 Å². The first kappa shape index (κ1) is 24.2. The monoisotopic (exact) mass is 517 g/mol. The third-order valence-corrected chi connectivity index (χ3v) is 6.58. The molecule has 11 heteroatoms. The summed E-state index contributed by atoms with van der Waals surface area (Å²) in [6.45, 7) is 3.95. The first-order valence-electron chi connectivity index (χ1n) is 11.5. The number of nitrogens with zero attached hydrogens (tertiary/aromatic N) is 5. The van der Waals surface area contributed by atoms with Crippen LogP contribution in [0.15, 0.2) is 54.9 Å². The average Bonchev–Trinajstić information content (AvgIpc) is 3.20. The molecule has 2 amide bonds. The zero-order valence-electron chi connectivity index (χ0n) is 19.4. The highest BCUT2D eigenvalue weighted by molar-refractivity contribution is 6.30. The fraction of sp³-hybridized carbons (Fsp3) is 0.320. The van der Waals surface area contributed by atoms with Crippen molar-refractivity contribution in [2.75, 3.05) is 42.6 Å². The van der Waals surface area contributed by atoms with Gasteiger partial charge in [0.25, 0.3) is 0 Å². The molecule has 2 aromatic heterocycles. The van der Waals surface area contributed by atoms with Crippen molar-refractivity contribution in [3.63, 3.8) is 0 Å². The number of halogens is 4. The van der Waals surface area contributed by atoms with Crippen LogP contribution in [0.5, 0.6) is 5.88 Å². The molecule has 1 aromatic carbocycles. The lowest BCUT2D eigenvalue weighted by Gasteiger charge is -2.37. The van der Waals surface area contributed by atoms with Gasteiger partial charge < -0.3 is 14.5 Å². The van der Waals surface area contributed by atoms with Gasteiger partial charge in [-0.2, -0.15) is 13.2 Å². The number of carbonyl (C=O) groups excluding carboxylic acids is 1. The Morgan fingerprint density at radius 2 is 1.94 bits per heavy atom. The molecule has 4 heterocycles. The predicted molar refractivity (Wildman–Crippen MR) is 131 cm³/mol. The van der Waals surface area contributed by atoms with Crippen LogP contribution in [0.4, 0.5) is 29.3 Å². The minimum Gasteiger partial charge on any atom is -0.477 e. The van der Waals surface area contributed by atoms with Crippen molar-refractivity contribution in [1.29, 1.82) is 0 Å². The third-order valence-electron chi connectivity index (χ3n) is 6.35. The maximum Gasteiger partial charge on any atom is 0.418 e. The van der Waals surface area contributed by atoms with Crippen molar-refractivity contribution in [2.24, 2.45) is 0 Å². The van der Waals surface area contributed by atoms with Crippen molar-refractivity contribution in [3.8, 4) is 17.1 Å². The molecule has 7 nitrogen and oxygen atoms in total. The van der Waals surface area contributed by atoms with Crippen LogP contribution in [-0.4, -0.2) is 59.7 Å². The Balaban J connectivity index is 1.34. The Morgan fingerprint density at radius 1 is 1.11 bits per heavy atom. The first-order chi connectivity index (χ1) is 17.3. The van der Waals surface area contributed by atoms with Crippen molar-refractivity contribution in [3.05, 3.63) is 65.4 Å². The quantitative estimate of drug-likeness (QED) is 0.457. The topological polar surface area (TPSA) is 61.8 Å². The minimum atomic E-state index is -4.63. The third kappa shape index (κ3) is 4.53. The fourth-order valence-electron chi connectivity index (χ4n) is 4.68. The van der Waals surface area contributed by atoms with Gasteiger partial charge in [0.05, 0.1) is 47.0 Å². The summed E-state index contributed by atoms with van der Waals surface area (Å²) in [4.78, 5) is 26.8. The fourth-order valence-corrected chi connectivity index (χ4v) is 4.86. The largest absolute Gasteiger partial charge is 0.477 e. The lowest BCUT2D eigenvalue weighted by molar-refractivity contribution is -0.137. The van der Waals surface area contributed by atoms with Gasteiger partial charge in [0, 0.05) is 37.4 Å². The molecular formula is C25H23ClF3N5O2. The van der Waals surface area contributed by atoms with Crippen LogP contribution in [0, 0.1) is 0 Å². The number of benzene rings is 1. The number of piperazine rings is 1. The average molecular weight is 518 g/mol. The number of alkyl halides is 3. The summed E-state index contributed by atoms with van der Waals surface area (Å²) in [5, 5.41) is -0.0303. The van der Waals surface area contributed by atoms with Crippen molar-refractivity contribution < 1.29 is 22.7 Å². The second-order valence-electron chi connectivity index (χ2n) is 8.54. The summed E-state index contributed by atoms with van der Waals surface area (Å²) >= 11 is 5.81. The number of pyridine rings is 2. The van der Waals surface area contributed by atoms with Crippen LogP contribution in [0.2, 0.25) is 5.02 Å². The molecule has 36 heavy (non-hydrogen) atoms. The summed E-state index contributed by atoms with van der Waals surface area (Å²) in [7, 11) is 0. The zero-order chi connectivity index (χ0) is 25.4. The highest BCUT2D eigenvalue weighted by atomic mass is 35.5. The normalized spacial score (nSPS) is 18.0. The van der Waals surface area contributed by atoms with Crippen LogP contribution >= 0.6 is 11.6 Å². The van der Waals surface area contributed by atoms with Gasteiger partial charge in [-0.15, -0.1) is 0 Å². The summed E-state index contributed by atoms with van der Waals surface area (Å²) in [6, 6.07) is 10.3. The van der Waals surface area contributed by atoms with Gasteiger partial charge in [-0.25, -0.2) is 9.78 Å². The smallest absolute Gasteiger partial charge is 0.418 e. The van der Waals surface area contributed by atoms with Crippen LogP contribution < -0.4 is 14.5 Å². The molecule has 0 spiro atoms. The Bertz CT molecular complexity index is 1270. The minimum absolute atomic E-state index is 0.0303. The second-order valence-corrected chi connectivity index (χ2v) is 8.97. The van der Waals surface area contributed by atoms with E-state index in [1.807, 2.05) is 31.2 Å². The molecular weight excluding hydrogens is 495 g/mol. The van der Waals surface area contributed by atoms with Gasteiger partial charge >= 0.3 is 12.2 Å². The summed E-state index contributed by atoms with van der Waals surface area (Å²) in [5.74, 6) is 0.513. The van der Waals surface area contributed by atoms with E-state index < -0.39 is 17.8 Å². The molecule has 2 fully saturated rings. The molecule has 0 saturated carbocycles. The van der Waals surface area contributed by atoms with E-state index in [1.165, 1.54) is 17.0 Å². The van der Waals surface area contributed by atoms with E-state index in [2.05, 4.69) is 14.9 Å². The van der Waals surface area contributed by atoms with E-state index in [1.54, 1.807) is 17.3 Å². The highest BCUT2D eigenvalue weighted by Crippen LogP contribution is 2.40. The molecule has 5 rings (SSSR count). The lowest BCUT2D eigenvalue weighted by atomic mass is 10.1. The zero-order valence-corrected chi connectivity index (χ0v) is 20.1. The molecule has 1 atom stereocenters. The number of urea groups is 1. The predicted octanol–water partition coefficient (Wildman–Crippen LogP) is 5.35. The SMILES string of the molecule is CCOc1ncccc1-c1ccc(N2CCN3C(=O)N(c4ccc(Cl)cc4C(F)(F)F)CC3C2)cn1. The van der Waals surface area contributed by atoms with Crippen molar-refractivity contribution in [1.82, 2.24) is 14.9 Å². The van der Waals surface area contributed by atoms with E-state index >= 15 is 0 Å². The molecule has 0 N–H and O–H groups in total. The summed E-state index contributed by atoms with van der Waals surface area (Å²) < 4.78 is 46.5. The number of rotatable bonds is 5. The number of amides is 2. The van der Waals surface area contributed by atoms with Gasteiger partial charge in [0.1, 0.15) is 0 Å². The molecule has 188 valence electrons. The van der Waals surface area contributed by atoms with E-state index in [4.69, 9.17) is 16.3 Å². The molecule has 3 aromatic rings. The van der Waals surface area contributed by atoms with E-state index in [0.717, 1.165) is 23.0 Å². The van der Waals surface area contributed by atoms with Gasteiger partial charge in [0.15, 0.2) is 0 Å². The second kappa shape index (κ2) is 9.50. The number of aromatic nitrogens is 2. The van der Waals surface area contributed by atoms with Crippen LogP contribution in [-0.2, 0) is 6.18 Å². The Morgan fingerprint density at radius 3 is 2.67 bits per heavy atom. The number of anilines is 2. The van der Waals surface area contributed by atoms with E-state index in [-0.39, 0.29) is 23.3 Å². The van der Waals surface area contributed by atoms with E-state index in [0.29, 0.717) is 32.1 Å². The maximum atomic E-state index is 13.6. The van der Waals surface area contributed by atoms with E-state index in [9.17, 15) is 18.0 Å². The number of hydrogen-bond acceptors (Lipinski definition) is 5. The molecule has 1 unspecified atom stereocenters. The number of carbonyl (C=O) groups is 1. The molecule has 0 aliphatic carbocycles. The number of hydrogen-bond donors (Lipinski definition) is 0. The first-order valence-corrected chi connectivity index (χ1v) is 11.9.